The van der Waals surface area contributed by atoms with Gasteiger partial charge in [0, 0.05) is 15.7 Å². The van der Waals surface area contributed by atoms with E-state index in [0.717, 1.165) is 4.47 Å². The number of benzene rings is 2. The normalized spacial score (nSPS) is 10.5. The van der Waals surface area contributed by atoms with E-state index < -0.39 is 5.91 Å². The van der Waals surface area contributed by atoms with Gasteiger partial charge in [-0.3, -0.25) is 10.1 Å². The zero-order valence-corrected chi connectivity index (χ0v) is 18.3. The van der Waals surface area contributed by atoms with E-state index in [1.807, 2.05) is 0 Å². The average Bonchev–Trinajstić information content (AvgIpc) is 3.16. The van der Waals surface area contributed by atoms with Crippen LogP contribution < -0.4 is 15.4 Å². The molecule has 1 amide bonds. The maximum Gasteiger partial charge on any atom is 0.261 e. The van der Waals surface area contributed by atoms with Crippen molar-refractivity contribution in [3.05, 3.63) is 69.3 Å². The Morgan fingerprint density at radius 2 is 2.03 bits per heavy atom. The number of aliphatic hydroxyl groups excluding tert-OH is 1. The third kappa shape index (κ3) is 5.16. The lowest BCUT2D eigenvalue weighted by Crippen LogP contribution is -2.34. The van der Waals surface area contributed by atoms with Gasteiger partial charge in [-0.25, -0.2) is 0 Å². The van der Waals surface area contributed by atoms with Gasteiger partial charge in [0.1, 0.15) is 23.9 Å². The van der Waals surface area contributed by atoms with Crippen LogP contribution in [0.15, 0.2) is 57.4 Å². The minimum atomic E-state index is -0.407. The molecule has 0 bridgehead atoms. The Labute approximate surface area is 185 Å². The molecule has 1 aromatic heterocycles. The number of anilines is 1. The number of halogens is 2. The second kappa shape index (κ2) is 9.41. The lowest BCUT2D eigenvalue weighted by Gasteiger charge is -2.13. The first-order valence-corrected chi connectivity index (χ1v) is 9.94. The first-order valence-electron chi connectivity index (χ1n) is 8.36. The molecule has 3 rings (SSSR count). The van der Waals surface area contributed by atoms with Gasteiger partial charge < -0.3 is 19.6 Å². The van der Waals surface area contributed by atoms with Crippen LogP contribution in [-0.4, -0.2) is 23.2 Å². The number of carbonyl (C=O) groups excluding carboxylic acids is 1. The third-order valence-electron chi connectivity index (χ3n) is 3.94. The van der Waals surface area contributed by atoms with Gasteiger partial charge in [0.05, 0.1) is 17.7 Å². The summed E-state index contributed by atoms with van der Waals surface area (Å²) in [4.78, 5) is 12.5. The summed E-state index contributed by atoms with van der Waals surface area (Å²) in [5.41, 5.74) is 1.61. The van der Waals surface area contributed by atoms with Crippen molar-refractivity contribution in [2.75, 3.05) is 12.4 Å². The van der Waals surface area contributed by atoms with Crippen LogP contribution in [0, 0.1) is 0 Å². The van der Waals surface area contributed by atoms with E-state index in [1.165, 1.54) is 7.11 Å². The molecule has 3 aromatic rings. The first-order chi connectivity index (χ1) is 13.9. The van der Waals surface area contributed by atoms with Gasteiger partial charge in [0.15, 0.2) is 5.11 Å². The second-order valence-electron chi connectivity index (χ2n) is 5.87. The zero-order chi connectivity index (χ0) is 21.0. The fourth-order valence-electron chi connectivity index (χ4n) is 2.59. The van der Waals surface area contributed by atoms with Crippen LogP contribution in [0.3, 0.4) is 0 Å². The summed E-state index contributed by atoms with van der Waals surface area (Å²) in [6.07, 6.45) is 0. The number of hydrogen-bond donors (Lipinski definition) is 3. The summed E-state index contributed by atoms with van der Waals surface area (Å²) in [6.45, 7) is -0.187. The van der Waals surface area contributed by atoms with Crippen molar-refractivity contribution in [2.24, 2.45) is 0 Å². The molecule has 0 fully saturated rings. The molecule has 0 aliphatic heterocycles. The molecule has 150 valence electrons. The summed E-state index contributed by atoms with van der Waals surface area (Å²) in [5.74, 6) is 1.02. The molecule has 0 saturated carbocycles. The van der Waals surface area contributed by atoms with Crippen molar-refractivity contribution >= 4 is 56.5 Å². The van der Waals surface area contributed by atoms with E-state index in [9.17, 15) is 4.79 Å². The summed E-state index contributed by atoms with van der Waals surface area (Å²) >= 11 is 14.9. The lowest BCUT2D eigenvalue weighted by atomic mass is 10.1. The molecule has 0 unspecified atom stereocenters. The van der Waals surface area contributed by atoms with Crippen LogP contribution in [0.1, 0.15) is 16.1 Å². The van der Waals surface area contributed by atoms with Crippen molar-refractivity contribution in [2.45, 2.75) is 6.61 Å². The van der Waals surface area contributed by atoms with Crippen molar-refractivity contribution in [3.63, 3.8) is 0 Å². The van der Waals surface area contributed by atoms with Crippen LogP contribution in [0.5, 0.6) is 5.75 Å². The number of amides is 1. The lowest BCUT2D eigenvalue weighted by molar-refractivity contribution is 0.0974. The van der Waals surface area contributed by atoms with Crippen LogP contribution in [0.2, 0.25) is 5.02 Å². The number of methoxy groups -OCH3 is 1. The van der Waals surface area contributed by atoms with Crippen molar-refractivity contribution in [1.29, 1.82) is 0 Å². The predicted octanol–water partition coefficient (Wildman–Crippen LogP) is 4.99. The van der Waals surface area contributed by atoms with Crippen LogP contribution in [-0.2, 0) is 6.61 Å². The maximum absolute atomic E-state index is 12.5. The van der Waals surface area contributed by atoms with Crippen LogP contribution in [0.4, 0.5) is 5.69 Å². The van der Waals surface area contributed by atoms with E-state index in [-0.39, 0.29) is 11.7 Å². The molecular formula is C20H16BrClN2O4S. The summed E-state index contributed by atoms with van der Waals surface area (Å²) < 4.78 is 11.5. The highest BCUT2D eigenvalue weighted by atomic mass is 79.9. The number of aliphatic hydroxyl groups is 1. The zero-order valence-electron chi connectivity index (χ0n) is 15.2. The van der Waals surface area contributed by atoms with Gasteiger partial charge in [0.2, 0.25) is 0 Å². The maximum atomic E-state index is 12.5. The van der Waals surface area contributed by atoms with Gasteiger partial charge in [-0.05, 0) is 60.7 Å². The fraction of sp³-hybridized carbons (Fsp3) is 0.100. The van der Waals surface area contributed by atoms with Gasteiger partial charge in [-0.2, -0.15) is 0 Å². The quantitative estimate of drug-likeness (QED) is 0.433. The molecule has 29 heavy (non-hydrogen) atoms. The number of carbonyl (C=O) groups is 1. The Balaban J connectivity index is 1.70. The minimum absolute atomic E-state index is 0.112. The second-order valence-corrected chi connectivity index (χ2v) is 7.60. The van der Waals surface area contributed by atoms with E-state index in [1.54, 1.807) is 48.5 Å². The number of nitrogens with one attached hydrogen (secondary N) is 2. The van der Waals surface area contributed by atoms with E-state index in [0.29, 0.717) is 39.1 Å². The predicted molar refractivity (Wildman–Crippen MR) is 119 cm³/mol. The molecule has 0 spiro atoms. The Kier molecular flexibility index (Phi) is 6.92. The smallest absolute Gasteiger partial charge is 0.261 e. The highest BCUT2D eigenvalue weighted by Gasteiger charge is 2.15. The molecule has 0 saturated heterocycles. The monoisotopic (exact) mass is 494 g/mol. The molecule has 0 aliphatic rings. The first kappa shape index (κ1) is 21.3. The molecule has 1 heterocycles. The molecule has 0 radical (unpaired) electrons. The van der Waals surface area contributed by atoms with Gasteiger partial charge >= 0.3 is 0 Å². The molecule has 3 N–H and O–H groups in total. The summed E-state index contributed by atoms with van der Waals surface area (Å²) in [5, 5.41) is 15.2. The molecular weight excluding hydrogens is 480 g/mol. The largest absolute Gasteiger partial charge is 0.496 e. The SMILES string of the molecule is COc1ccc(Br)cc1C(=O)NC(=S)Nc1ccc(-c2ccc(CO)o2)c(Cl)c1. The molecule has 0 aliphatic carbocycles. The molecule has 0 atom stereocenters. The summed E-state index contributed by atoms with van der Waals surface area (Å²) in [6, 6.07) is 13.7. The van der Waals surface area contributed by atoms with E-state index >= 15 is 0 Å². The number of hydrogen-bond acceptors (Lipinski definition) is 5. The molecule has 2 aromatic carbocycles. The standard InChI is InChI=1S/C20H16BrClN2O4S/c1-27-17-6-2-11(21)8-15(17)19(26)24-20(29)23-12-3-5-14(16(22)9-12)18-7-4-13(10-25)28-18/h2-9,25H,10H2,1H3,(H2,23,24,26,29). The van der Waals surface area contributed by atoms with Crippen molar-refractivity contribution in [1.82, 2.24) is 5.32 Å². The number of ether oxygens (including phenoxy) is 1. The van der Waals surface area contributed by atoms with E-state index in [4.69, 9.17) is 38.1 Å². The van der Waals surface area contributed by atoms with Gasteiger partial charge in [0.25, 0.3) is 5.91 Å². The minimum Gasteiger partial charge on any atom is -0.496 e. The Bertz CT molecular complexity index is 1070. The highest BCUT2D eigenvalue weighted by molar-refractivity contribution is 9.10. The van der Waals surface area contributed by atoms with Crippen LogP contribution >= 0.6 is 39.7 Å². The highest BCUT2D eigenvalue weighted by Crippen LogP contribution is 2.31. The van der Waals surface area contributed by atoms with E-state index in [2.05, 4.69) is 26.6 Å². The van der Waals surface area contributed by atoms with Crippen molar-refractivity contribution < 1.29 is 19.1 Å². The molecule has 6 nitrogen and oxygen atoms in total. The Hall–Kier alpha value is -2.39. The number of thiocarbonyl (C=S) groups is 1. The fourth-order valence-corrected chi connectivity index (χ4v) is 3.44. The number of furan rings is 1. The average molecular weight is 496 g/mol. The Morgan fingerprint density at radius 3 is 2.69 bits per heavy atom. The van der Waals surface area contributed by atoms with Gasteiger partial charge in [-0.1, -0.05) is 27.5 Å². The number of rotatable bonds is 5. The van der Waals surface area contributed by atoms with Crippen molar-refractivity contribution in [3.8, 4) is 17.1 Å². The molecule has 9 heteroatoms. The third-order valence-corrected chi connectivity index (χ3v) is 4.95. The Morgan fingerprint density at radius 1 is 1.24 bits per heavy atom. The topological polar surface area (TPSA) is 83.7 Å². The van der Waals surface area contributed by atoms with Crippen LogP contribution in [0.25, 0.3) is 11.3 Å². The summed E-state index contributed by atoms with van der Waals surface area (Å²) in [7, 11) is 1.49. The van der Waals surface area contributed by atoms with Gasteiger partial charge in [-0.15, -0.1) is 0 Å².